The highest BCUT2D eigenvalue weighted by Crippen LogP contribution is 2.30. The summed E-state index contributed by atoms with van der Waals surface area (Å²) in [5.41, 5.74) is 1.53. The highest BCUT2D eigenvalue weighted by molar-refractivity contribution is 7.12. The number of hydrogen-bond donors (Lipinski definition) is 1. The van der Waals surface area contributed by atoms with Gasteiger partial charge in [-0.2, -0.15) is 5.10 Å². The number of aromatic nitrogens is 2. The summed E-state index contributed by atoms with van der Waals surface area (Å²) in [7, 11) is 1.66. The molecule has 0 aliphatic rings. The van der Waals surface area contributed by atoms with E-state index < -0.39 is 5.97 Å². The van der Waals surface area contributed by atoms with Gasteiger partial charge in [-0.25, -0.2) is 4.79 Å². The molecule has 0 aliphatic heterocycles. The molecule has 0 bridgehead atoms. The van der Waals surface area contributed by atoms with Crippen molar-refractivity contribution in [2.45, 2.75) is 6.92 Å². The summed E-state index contributed by atoms with van der Waals surface area (Å²) in [6, 6.07) is 1.69. The number of hydrogen-bond acceptors (Lipinski definition) is 4. The van der Waals surface area contributed by atoms with Crippen LogP contribution in [0.1, 0.15) is 27.1 Å². The minimum absolute atomic E-state index is 0.137. The average Bonchev–Trinajstić information content (AvgIpc) is 2.82. The monoisotopic (exact) mass is 250 g/mol. The highest BCUT2D eigenvalue weighted by Gasteiger charge is 2.20. The molecular formula is C11H10N2O3S. The van der Waals surface area contributed by atoms with Crippen LogP contribution in [0.3, 0.4) is 0 Å². The van der Waals surface area contributed by atoms with E-state index in [4.69, 9.17) is 5.11 Å². The van der Waals surface area contributed by atoms with Gasteiger partial charge in [0.15, 0.2) is 5.78 Å². The topological polar surface area (TPSA) is 72.2 Å². The fourth-order valence-corrected chi connectivity index (χ4v) is 2.49. The highest BCUT2D eigenvalue weighted by atomic mass is 32.1. The molecule has 0 fully saturated rings. The van der Waals surface area contributed by atoms with Crippen molar-refractivity contribution < 1.29 is 14.7 Å². The third-order valence-electron chi connectivity index (χ3n) is 2.42. The van der Waals surface area contributed by atoms with Crippen LogP contribution in [0.15, 0.2) is 17.6 Å². The number of ketones is 1. The van der Waals surface area contributed by atoms with Crippen molar-refractivity contribution in [1.29, 1.82) is 0 Å². The Kier molecular flexibility index (Phi) is 2.81. The molecule has 2 aromatic rings. The fourth-order valence-electron chi connectivity index (χ4n) is 1.74. The van der Waals surface area contributed by atoms with Crippen LogP contribution in [-0.4, -0.2) is 26.6 Å². The predicted molar refractivity (Wildman–Crippen MR) is 63.5 cm³/mol. The van der Waals surface area contributed by atoms with Crippen molar-refractivity contribution in [2.75, 3.05) is 0 Å². The van der Waals surface area contributed by atoms with E-state index >= 15 is 0 Å². The molecule has 0 amide bonds. The van der Waals surface area contributed by atoms with E-state index in [1.54, 1.807) is 18.5 Å². The number of rotatable bonds is 3. The average molecular weight is 250 g/mol. The molecule has 1 N–H and O–H groups in total. The summed E-state index contributed by atoms with van der Waals surface area (Å²) < 4.78 is 1.46. The van der Waals surface area contributed by atoms with E-state index in [0.29, 0.717) is 16.8 Å². The van der Waals surface area contributed by atoms with Crippen molar-refractivity contribution in [1.82, 2.24) is 9.78 Å². The number of carboxylic acids is 1. The minimum atomic E-state index is -0.992. The summed E-state index contributed by atoms with van der Waals surface area (Å²) in [5.74, 6) is -1.13. The number of aromatic carboxylic acids is 1. The van der Waals surface area contributed by atoms with Crippen LogP contribution in [0, 0.1) is 0 Å². The van der Waals surface area contributed by atoms with Crippen LogP contribution in [0.25, 0.3) is 11.1 Å². The SMILES string of the molecule is CC(=O)c1c(-c2ccsc2C(=O)O)cnn1C. The van der Waals surface area contributed by atoms with Gasteiger partial charge in [0.2, 0.25) is 0 Å². The van der Waals surface area contributed by atoms with Gasteiger partial charge in [-0.15, -0.1) is 11.3 Å². The van der Waals surface area contributed by atoms with E-state index in [-0.39, 0.29) is 10.7 Å². The Morgan fingerprint density at radius 2 is 2.12 bits per heavy atom. The van der Waals surface area contributed by atoms with Gasteiger partial charge in [0.05, 0.1) is 6.20 Å². The lowest BCUT2D eigenvalue weighted by Gasteiger charge is -2.01. The fraction of sp³-hybridized carbons (Fsp3) is 0.182. The molecule has 0 saturated heterocycles. The van der Waals surface area contributed by atoms with Crippen LogP contribution in [0.5, 0.6) is 0 Å². The standard InChI is InChI=1S/C11H10N2O3S/c1-6(14)9-8(5-12-13(9)2)7-3-4-17-10(7)11(15)16/h3-5H,1-2H3,(H,15,16). The Labute approximate surface area is 101 Å². The van der Waals surface area contributed by atoms with Crippen molar-refractivity contribution in [2.24, 2.45) is 7.05 Å². The van der Waals surface area contributed by atoms with Gasteiger partial charge >= 0.3 is 5.97 Å². The van der Waals surface area contributed by atoms with Crippen LogP contribution in [0.4, 0.5) is 0 Å². The van der Waals surface area contributed by atoms with E-state index in [2.05, 4.69) is 5.10 Å². The molecule has 0 unspecified atom stereocenters. The molecule has 6 heteroatoms. The van der Waals surface area contributed by atoms with Gasteiger partial charge in [-0.3, -0.25) is 9.48 Å². The molecule has 5 nitrogen and oxygen atoms in total. The lowest BCUT2D eigenvalue weighted by Crippen LogP contribution is -2.05. The van der Waals surface area contributed by atoms with E-state index in [9.17, 15) is 9.59 Å². The summed E-state index contributed by atoms with van der Waals surface area (Å²) in [5, 5.41) is 14.7. The zero-order valence-corrected chi connectivity index (χ0v) is 10.1. The Balaban J connectivity index is 2.65. The zero-order valence-electron chi connectivity index (χ0n) is 9.30. The number of carbonyl (C=O) groups is 2. The second-order valence-corrected chi connectivity index (χ2v) is 4.47. The molecule has 0 aromatic carbocycles. The Hall–Kier alpha value is -1.95. The second-order valence-electron chi connectivity index (χ2n) is 3.56. The first-order valence-corrected chi connectivity index (χ1v) is 5.74. The Morgan fingerprint density at radius 1 is 1.41 bits per heavy atom. The first-order valence-electron chi connectivity index (χ1n) is 4.86. The van der Waals surface area contributed by atoms with Gasteiger partial charge in [-0.1, -0.05) is 0 Å². The smallest absolute Gasteiger partial charge is 0.346 e. The Bertz CT molecular complexity index is 598. The summed E-state index contributed by atoms with van der Waals surface area (Å²) >= 11 is 1.13. The third-order valence-corrected chi connectivity index (χ3v) is 3.32. The lowest BCUT2D eigenvalue weighted by molar-refractivity contribution is 0.0702. The minimum Gasteiger partial charge on any atom is -0.477 e. The summed E-state index contributed by atoms with van der Waals surface area (Å²) in [4.78, 5) is 22.8. The number of nitrogens with zero attached hydrogens (tertiary/aromatic N) is 2. The second kappa shape index (κ2) is 4.14. The maximum absolute atomic E-state index is 11.5. The molecule has 0 aliphatic carbocycles. The maximum atomic E-state index is 11.5. The van der Waals surface area contributed by atoms with Crippen LogP contribution in [0.2, 0.25) is 0 Å². The van der Waals surface area contributed by atoms with Crippen molar-refractivity contribution in [3.8, 4) is 11.1 Å². The lowest BCUT2D eigenvalue weighted by atomic mass is 10.1. The van der Waals surface area contributed by atoms with Crippen molar-refractivity contribution >= 4 is 23.1 Å². The van der Waals surface area contributed by atoms with Crippen LogP contribution >= 0.6 is 11.3 Å². The van der Waals surface area contributed by atoms with Gasteiger partial charge in [0.25, 0.3) is 0 Å². The molecule has 2 aromatic heterocycles. The molecule has 0 saturated carbocycles. The molecule has 2 heterocycles. The zero-order chi connectivity index (χ0) is 12.6. The normalized spacial score (nSPS) is 10.5. The summed E-state index contributed by atoms with van der Waals surface area (Å²) in [6.07, 6.45) is 1.52. The Morgan fingerprint density at radius 3 is 2.71 bits per heavy atom. The third kappa shape index (κ3) is 1.87. The first kappa shape index (κ1) is 11.5. The first-order chi connectivity index (χ1) is 8.02. The number of thiophene rings is 1. The van der Waals surface area contributed by atoms with Gasteiger partial charge < -0.3 is 5.11 Å². The molecule has 0 atom stereocenters. The molecule has 2 rings (SSSR count). The summed E-state index contributed by atoms with van der Waals surface area (Å²) in [6.45, 7) is 1.44. The number of carbonyl (C=O) groups excluding carboxylic acids is 1. The van der Waals surface area contributed by atoms with Crippen LogP contribution in [-0.2, 0) is 7.05 Å². The van der Waals surface area contributed by atoms with Gasteiger partial charge in [0.1, 0.15) is 10.6 Å². The quantitative estimate of drug-likeness (QED) is 0.846. The van der Waals surface area contributed by atoms with Crippen LogP contribution < -0.4 is 0 Å². The van der Waals surface area contributed by atoms with E-state index in [0.717, 1.165) is 11.3 Å². The molecule has 0 spiro atoms. The maximum Gasteiger partial charge on any atom is 0.346 e. The van der Waals surface area contributed by atoms with E-state index in [1.807, 2.05) is 0 Å². The molecule has 88 valence electrons. The van der Waals surface area contributed by atoms with Crippen molar-refractivity contribution in [3.63, 3.8) is 0 Å². The number of aryl methyl sites for hydroxylation is 1. The number of Topliss-reactive ketones (excluding diaryl/α,β-unsaturated/α-hetero) is 1. The number of carboxylic acid groups (broad SMARTS) is 1. The van der Waals surface area contributed by atoms with Gasteiger partial charge in [0, 0.05) is 25.1 Å². The molecule has 17 heavy (non-hydrogen) atoms. The molecular weight excluding hydrogens is 240 g/mol. The van der Waals surface area contributed by atoms with Crippen molar-refractivity contribution in [3.05, 3.63) is 28.2 Å². The van der Waals surface area contributed by atoms with Gasteiger partial charge in [-0.05, 0) is 11.4 Å². The van der Waals surface area contributed by atoms with E-state index in [1.165, 1.54) is 17.8 Å². The molecule has 0 radical (unpaired) electrons. The predicted octanol–water partition coefficient (Wildman–Crippen LogP) is 2.05. The largest absolute Gasteiger partial charge is 0.477 e.